The Kier molecular flexibility index (Phi) is 5.90. The average molecular weight is 683 g/mol. The molecule has 0 bridgehead atoms. The zero-order valence-electron chi connectivity index (χ0n) is 31.3. The summed E-state index contributed by atoms with van der Waals surface area (Å²) in [6, 6.07) is 55.1. The molecule has 0 amide bonds. The van der Waals surface area contributed by atoms with E-state index in [2.05, 4.69) is 197 Å². The van der Waals surface area contributed by atoms with Gasteiger partial charge in [0.1, 0.15) is 0 Å². The molecule has 0 saturated heterocycles. The maximum Gasteiger partial charge on any atom is 0.0544 e. The van der Waals surface area contributed by atoms with E-state index in [0.29, 0.717) is 0 Å². The lowest BCUT2D eigenvalue weighted by Gasteiger charge is -2.42. The van der Waals surface area contributed by atoms with Crippen molar-refractivity contribution in [2.45, 2.75) is 57.8 Å². The fourth-order valence-electron chi connectivity index (χ4n) is 10.4. The van der Waals surface area contributed by atoms with E-state index >= 15 is 0 Å². The van der Waals surface area contributed by atoms with Crippen LogP contribution in [0.25, 0.3) is 49.7 Å². The Morgan fingerprint density at radius 1 is 0.340 bits per heavy atom. The molecule has 53 heavy (non-hydrogen) atoms. The Morgan fingerprint density at radius 3 is 1.62 bits per heavy atom. The molecule has 0 saturated carbocycles. The largest absolute Gasteiger partial charge is 0.310 e. The van der Waals surface area contributed by atoms with Crippen LogP contribution in [0.3, 0.4) is 0 Å². The molecule has 0 spiro atoms. The maximum atomic E-state index is 2.51. The molecule has 8 aromatic rings. The second-order valence-electron chi connectivity index (χ2n) is 17.0. The van der Waals surface area contributed by atoms with Crippen molar-refractivity contribution < 1.29 is 0 Å². The minimum Gasteiger partial charge on any atom is -0.310 e. The molecule has 1 aromatic heterocycles. The topological polar surface area (TPSA) is 8.17 Å². The lowest BCUT2D eigenvalue weighted by Crippen LogP contribution is -2.31. The number of para-hydroxylation sites is 2. The van der Waals surface area contributed by atoms with Crippen molar-refractivity contribution in [2.24, 2.45) is 0 Å². The summed E-state index contributed by atoms with van der Waals surface area (Å²) in [4.78, 5) is 2.51. The van der Waals surface area contributed by atoms with Crippen molar-refractivity contribution in [3.63, 3.8) is 0 Å². The summed E-state index contributed by atoms with van der Waals surface area (Å²) < 4.78 is 2.51. The van der Waals surface area contributed by atoms with Crippen LogP contribution in [0, 0.1) is 0 Å². The van der Waals surface area contributed by atoms with Gasteiger partial charge in [0.15, 0.2) is 0 Å². The number of benzene rings is 7. The van der Waals surface area contributed by atoms with Gasteiger partial charge in [-0.05, 0) is 110 Å². The number of aromatic nitrogens is 1. The first-order valence-corrected chi connectivity index (χ1v) is 19.0. The number of hydrogen-bond donors (Lipinski definition) is 0. The minimum atomic E-state index is -0.214. The van der Waals surface area contributed by atoms with Gasteiger partial charge in [-0.15, -0.1) is 0 Å². The summed E-state index contributed by atoms with van der Waals surface area (Å²) in [5, 5.41) is 2.59. The number of fused-ring (bicyclic) bond motifs is 11. The maximum absolute atomic E-state index is 2.51. The lowest BCUT2D eigenvalue weighted by atomic mass is 9.73. The Bertz CT molecular complexity index is 2880. The van der Waals surface area contributed by atoms with Gasteiger partial charge in [0.2, 0.25) is 0 Å². The van der Waals surface area contributed by atoms with Crippen molar-refractivity contribution in [1.82, 2.24) is 4.57 Å². The molecular weight excluding hydrogens is 641 g/mol. The fourth-order valence-corrected chi connectivity index (χ4v) is 10.4. The van der Waals surface area contributed by atoms with E-state index in [4.69, 9.17) is 0 Å². The van der Waals surface area contributed by atoms with Crippen molar-refractivity contribution in [3.05, 3.63) is 179 Å². The molecule has 0 N–H and O–H groups in total. The highest BCUT2D eigenvalue weighted by molar-refractivity contribution is 6.11. The van der Waals surface area contributed by atoms with Crippen LogP contribution in [0.2, 0.25) is 0 Å². The Balaban J connectivity index is 1.14. The van der Waals surface area contributed by atoms with Gasteiger partial charge in [0.25, 0.3) is 0 Å². The normalized spacial score (nSPS) is 16.5. The van der Waals surface area contributed by atoms with E-state index in [0.717, 1.165) is 0 Å². The summed E-state index contributed by atoms with van der Waals surface area (Å²) in [5.74, 6) is 0. The minimum absolute atomic E-state index is 0.0736. The highest BCUT2D eigenvalue weighted by atomic mass is 15.2. The van der Waals surface area contributed by atoms with Gasteiger partial charge < -0.3 is 9.47 Å². The molecule has 0 fully saturated rings. The van der Waals surface area contributed by atoms with Crippen LogP contribution < -0.4 is 4.90 Å². The van der Waals surface area contributed by atoms with Crippen molar-refractivity contribution in [1.29, 1.82) is 0 Å². The van der Waals surface area contributed by atoms with Crippen molar-refractivity contribution in [3.8, 4) is 27.9 Å². The predicted molar refractivity (Wildman–Crippen MR) is 223 cm³/mol. The van der Waals surface area contributed by atoms with E-state index in [-0.39, 0.29) is 16.2 Å². The molecule has 0 unspecified atom stereocenters. The van der Waals surface area contributed by atoms with Crippen LogP contribution in [0.1, 0.15) is 74.9 Å². The smallest absolute Gasteiger partial charge is 0.0544 e. The van der Waals surface area contributed by atoms with E-state index in [9.17, 15) is 0 Å². The van der Waals surface area contributed by atoms with Crippen molar-refractivity contribution >= 4 is 38.9 Å². The van der Waals surface area contributed by atoms with Crippen LogP contribution in [0.15, 0.2) is 146 Å². The van der Waals surface area contributed by atoms with Gasteiger partial charge in [0, 0.05) is 38.4 Å². The third kappa shape index (κ3) is 3.88. The van der Waals surface area contributed by atoms with Gasteiger partial charge >= 0.3 is 0 Å². The molecule has 11 rings (SSSR count). The summed E-state index contributed by atoms with van der Waals surface area (Å²) in [6.07, 6.45) is 0. The summed E-state index contributed by atoms with van der Waals surface area (Å²) in [7, 11) is 0. The van der Waals surface area contributed by atoms with E-state index in [1.165, 1.54) is 100 Å². The molecule has 256 valence electrons. The third-order valence-electron chi connectivity index (χ3n) is 13.2. The number of nitrogens with zero attached hydrogens (tertiary/aromatic N) is 2. The first-order chi connectivity index (χ1) is 25.6. The second-order valence-corrected chi connectivity index (χ2v) is 17.0. The quantitative estimate of drug-likeness (QED) is 0.176. The molecule has 0 atom stereocenters. The first-order valence-electron chi connectivity index (χ1n) is 19.0. The lowest BCUT2D eigenvalue weighted by molar-refractivity contribution is 0.631. The van der Waals surface area contributed by atoms with Crippen LogP contribution in [-0.2, 0) is 16.2 Å². The molecule has 2 aliphatic carbocycles. The summed E-state index contributed by atoms with van der Waals surface area (Å²) >= 11 is 0. The van der Waals surface area contributed by atoms with Gasteiger partial charge in [-0.1, -0.05) is 133 Å². The molecule has 3 aliphatic rings. The Morgan fingerprint density at radius 2 is 0.868 bits per heavy atom. The monoisotopic (exact) mass is 682 g/mol. The Labute approximate surface area is 312 Å². The van der Waals surface area contributed by atoms with Gasteiger partial charge in [-0.3, -0.25) is 0 Å². The number of rotatable bonds is 2. The average Bonchev–Trinajstić information content (AvgIpc) is 3.71. The molecule has 0 radical (unpaired) electrons. The molecule has 2 heterocycles. The van der Waals surface area contributed by atoms with E-state index in [1.807, 2.05) is 0 Å². The van der Waals surface area contributed by atoms with Crippen LogP contribution >= 0.6 is 0 Å². The zero-order chi connectivity index (χ0) is 36.0. The summed E-state index contributed by atoms with van der Waals surface area (Å²) in [6.45, 7) is 14.3. The zero-order valence-corrected chi connectivity index (χ0v) is 31.3. The molecule has 1 aliphatic heterocycles. The van der Waals surface area contributed by atoms with Crippen LogP contribution in [0.5, 0.6) is 0 Å². The number of anilines is 3. The third-order valence-corrected chi connectivity index (χ3v) is 13.2. The SMILES string of the molecule is CC1(C)c2ccccc2-c2ccc(N3c4ccccc4C(C)(C)c4cc(-n5c6ccccc6c6cc7c(cc65)C(C)(C)c5ccccc5-7)ccc43)cc21. The molecular formula is C51H42N2. The Hall–Kier alpha value is -5.86. The first kappa shape index (κ1) is 30.7. The predicted octanol–water partition coefficient (Wildman–Crippen LogP) is 13.5. The summed E-state index contributed by atoms with van der Waals surface area (Å²) in [5.41, 5.74) is 20.7. The molecule has 2 nitrogen and oxygen atoms in total. The highest BCUT2D eigenvalue weighted by Gasteiger charge is 2.40. The highest BCUT2D eigenvalue weighted by Crippen LogP contribution is 2.56. The van der Waals surface area contributed by atoms with Crippen LogP contribution in [-0.4, -0.2) is 4.57 Å². The fraction of sp³-hybridized carbons (Fsp3) is 0.176. The van der Waals surface area contributed by atoms with E-state index in [1.54, 1.807) is 0 Å². The van der Waals surface area contributed by atoms with Crippen LogP contribution in [0.4, 0.5) is 17.1 Å². The molecule has 7 aromatic carbocycles. The van der Waals surface area contributed by atoms with Gasteiger partial charge in [0.05, 0.1) is 22.4 Å². The standard InChI is InChI=1S/C51H42N2/c1-49(2)39-18-10-7-15-33(39)35-25-23-31(27-42(35)49)53-46-22-14-12-20-41(46)51(5,6)44-28-32(24-26-47(44)53)52-45-21-13-9-17-36(45)38-29-37-34-16-8-11-19-40(34)50(3,4)43(37)30-48(38)52/h7-30H,1-6H3. The molecule has 2 heteroatoms. The van der Waals surface area contributed by atoms with Gasteiger partial charge in [-0.2, -0.15) is 0 Å². The van der Waals surface area contributed by atoms with Gasteiger partial charge in [-0.25, -0.2) is 0 Å². The van der Waals surface area contributed by atoms with E-state index < -0.39 is 0 Å². The number of hydrogen-bond acceptors (Lipinski definition) is 1. The van der Waals surface area contributed by atoms with Crippen molar-refractivity contribution in [2.75, 3.05) is 4.90 Å². The second kappa shape index (κ2) is 10.2.